The minimum atomic E-state index is -4.46. The van der Waals surface area contributed by atoms with Crippen LogP contribution in [0.5, 0.6) is 0 Å². The molecule has 1 aliphatic rings. The zero-order valence-corrected chi connectivity index (χ0v) is 16.2. The molecule has 27 heavy (non-hydrogen) atoms. The molecule has 7 N–H and O–H groups in total. The maximum absolute atomic E-state index is 11.5. The van der Waals surface area contributed by atoms with Crippen LogP contribution in [0.4, 0.5) is 5.82 Å². The van der Waals surface area contributed by atoms with E-state index in [2.05, 4.69) is 14.3 Å². The Bertz CT molecular complexity index is 948. The lowest BCUT2D eigenvalue weighted by Gasteiger charge is -2.17. The Kier molecular flexibility index (Phi) is 5.39. The number of anilines is 1. The highest BCUT2D eigenvalue weighted by Gasteiger charge is 2.45. The third kappa shape index (κ3) is 3.83. The van der Waals surface area contributed by atoms with E-state index in [1.54, 1.807) is 0 Å². The van der Waals surface area contributed by atoms with Gasteiger partial charge in [0.15, 0.2) is 6.23 Å². The number of thiocarbonyl (C=S) groups is 1. The van der Waals surface area contributed by atoms with Crippen LogP contribution in [0, 0.1) is 0 Å². The summed E-state index contributed by atoms with van der Waals surface area (Å²) in [5.41, 5.74) is 12.2. The predicted octanol–water partition coefficient (Wildman–Crippen LogP) is -0.809. The van der Waals surface area contributed by atoms with E-state index in [1.165, 1.54) is 17.1 Å². The van der Waals surface area contributed by atoms with Crippen molar-refractivity contribution in [3.05, 3.63) is 18.1 Å². The van der Waals surface area contributed by atoms with Crippen molar-refractivity contribution >= 4 is 51.3 Å². The zero-order chi connectivity index (χ0) is 20.6. The maximum Gasteiger partial charge on any atom is 0.474 e. The second-order valence-corrected chi connectivity index (χ2v) is 8.04. The molecular weight excluding hydrogens is 420 g/mol. The third-order valence-electron chi connectivity index (χ3n) is 4.03. The van der Waals surface area contributed by atoms with Gasteiger partial charge >= 0.3 is 7.82 Å². The molecule has 6 atom stereocenters. The maximum atomic E-state index is 11.5. The van der Waals surface area contributed by atoms with Gasteiger partial charge in [0.05, 0.1) is 13.3 Å². The lowest BCUT2D eigenvalue weighted by Crippen LogP contribution is -2.33. The molecule has 0 radical (unpaired) electrons. The summed E-state index contributed by atoms with van der Waals surface area (Å²) in [6.07, 6.45) is -2.52. The first kappa shape index (κ1) is 19.1. The largest absolute Gasteiger partial charge is 0.474 e. The minimum Gasteiger partial charge on any atom is -0.389 e. The standard InChI is InChI=1S/C12H17N5O7P2S/c13-9-6-4(10(14)27)1-17(11(6)16-3-15-9)12-8(19)7(18)5(23-12)2-22-26(20,21)24-25/h1,3,5,7-8,12,18-19H,2,25H2,(H2,14,27)(H,20,21)(H2,13,15,16)/t5-,7-,8-,12-/m1/s1/i25D/t5-,7-,8-,12-,25?. The van der Waals surface area contributed by atoms with Gasteiger partial charge in [0.25, 0.3) is 0 Å². The molecule has 0 aromatic carbocycles. The van der Waals surface area contributed by atoms with Gasteiger partial charge < -0.3 is 35.9 Å². The van der Waals surface area contributed by atoms with Crippen LogP contribution in [0.3, 0.4) is 0 Å². The first-order chi connectivity index (χ1) is 13.2. The van der Waals surface area contributed by atoms with Gasteiger partial charge in [-0.05, 0) is 0 Å². The molecule has 0 aliphatic carbocycles. The SMILES string of the molecule is [2H]POP(=O)(O)OC[C@H]1O[C@@H](n2cc(C(N)=S)c3c(N)ncnc32)[C@H](O)[C@@H]1O. The van der Waals surface area contributed by atoms with Crippen LogP contribution in [0.1, 0.15) is 11.8 Å². The van der Waals surface area contributed by atoms with Crippen molar-refractivity contribution in [1.82, 2.24) is 14.5 Å². The van der Waals surface area contributed by atoms with Gasteiger partial charge in [-0.15, -0.1) is 0 Å². The van der Waals surface area contributed by atoms with Crippen LogP contribution >= 0.6 is 29.5 Å². The topological polar surface area (TPSA) is 188 Å². The zero-order valence-electron chi connectivity index (χ0n) is 14.5. The van der Waals surface area contributed by atoms with Crippen LogP contribution in [0.25, 0.3) is 11.0 Å². The van der Waals surface area contributed by atoms with Crippen LogP contribution in [0.15, 0.2) is 12.5 Å². The Labute approximate surface area is 161 Å². The van der Waals surface area contributed by atoms with Gasteiger partial charge in [0.2, 0.25) is 0 Å². The van der Waals surface area contributed by atoms with Crippen molar-refractivity contribution in [2.45, 2.75) is 24.5 Å². The second kappa shape index (κ2) is 7.63. The minimum absolute atomic E-state index is 0.0211. The average Bonchev–Trinajstić information content (AvgIpc) is 3.14. The number of phosphoric acid groups is 1. The molecule has 148 valence electrons. The monoisotopic (exact) mass is 438 g/mol. The van der Waals surface area contributed by atoms with Crippen LogP contribution < -0.4 is 11.5 Å². The van der Waals surface area contributed by atoms with Crippen molar-refractivity contribution in [2.24, 2.45) is 5.73 Å². The quantitative estimate of drug-likeness (QED) is 0.268. The number of aliphatic hydroxyl groups is 2. The molecule has 3 heterocycles. The molecule has 3 rings (SSSR count). The number of ether oxygens (including phenoxy) is 1. The Morgan fingerprint density at radius 2 is 2.26 bits per heavy atom. The van der Waals surface area contributed by atoms with Gasteiger partial charge in [-0.25, -0.2) is 14.5 Å². The van der Waals surface area contributed by atoms with Crippen molar-refractivity contribution in [2.75, 3.05) is 12.3 Å². The van der Waals surface area contributed by atoms with Gasteiger partial charge in [0, 0.05) is 21.2 Å². The highest BCUT2D eigenvalue weighted by molar-refractivity contribution is 7.80. The smallest absolute Gasteiger partial charge is 0.389 e. The summed E-state index contributed by atoms with van der Waals surface area (Å²) in [6.45, 7) is -0.564. The molecule has 0 bridgehead atoms. The van der Waals surface area contributed by atoms with E-state index in [0.29, 0.717) is 10.9 Å². The summed E-state index contributed by atoms with van der Waals surface area (Å²) >= 11 is 5.01. The van der Waals surface area contributed by atoms with E-state index in [0.717, 1.165) is 0 Å². The molecule has 1 saturated heterocycles. The van der Waals surface area contributed by atoms with Crippen molar-refractivity contribution in [3.63, 3.8) is 0 Å². The van der Waals surface area contributed by atoms with E-state index in [4.69, 9.17) is 34.2 Å². The number of phosphoric ester groups is 1. The predicted molar refractivity (Wildman–Crippen MR) is 100 cm³/mol. The molecule has 0 amide bonds. The van der Waals surface area contributed by atoms with Crippen molar-refractivity contribution in [3.8, 4) is 0 Å². The molecule has 12 nitrogen and oxygen atoms in total. The highest BCUT2D eigenvalue weighted by Crippen LogP contribution is 2.46. The molecule has 0 spiro atoms. The van der Waals surface area contributed by atoms with Crippen molar-refractivity contribution < 1.29 is 33.2 Å². The van der Waals surface area contributed by atoms with E-state index in [-0.39, 0.29) is 16.5 Å². The van der Waals surface area contributed by atoms with Gasteiger partial charge in [-0.2, -0.15) is 0 Å². The Balaban J connectivity index is 1.90. The fourth-order valence-corrected chi connectivity index (χ4v) is 3.48. The van der Waals surface area contributed by atoms with E-state index in [1.807, 2.05) is 0 Å². The summed E-state index contributed by atoms with van der Waals surface area (Å²) in [6, 6.07) is 0. The van der Waals surface area contributed by atoms with E-state index >= 15 is 0 Å². The Hall–Kier alpha value is -1.27. The molecule has 2 aromatic rings. The number of nitrogens with two attached hydrogens (primary N) is 2. The van der Waals surface area contributed by atoms with Gasteiger partial charge in [-0.3, -0.25) is 8.83 Å². The average molecular weight is 438 g/mol. The second-order valence-electron chi connectivity index (χ2n) is 5.67. The molecule has 0 saturated carbocycles. The Morgan fingerprint density at radius 3 is 2.93 bits per heavy atom. The van der Waals surface area contributed by atoms with Crippen LogP contribution in [-0.2, 0) is 18.1 Å². The highest BCUT2D eigenvalue weighted by atomic mass is 32.1. The van der Waals surface area contributed by atoms with Gasteiger partial charge in [-0.1, -0.05) is 12.2 Å². The first-order valence-electron chi connectivity index (χ1n) is 7.91. The van der Waals surface area contributed by atoms with E-state index < -0.39 is 48.4 Å². The number of hydrogen-bond acceptors (Lipinski definition) is 10. The Morgan fingerprint density at radius 1 is 1.52 bits per heavy atom. The van der Waals surface area contributed by atoms with Gasteiger partial charge in [0.1, 0.15) is 41.1 Å². The third-order valence-corrected chi connectivity index (χ3v) is 5.65. The number of aromatic nitrogens is 3. The lowest BCUT2D eigenvalue weighted by atomic mass is 10.1. The molecular formula is C12H17N5O7P2S. The summed E-state index contributed by atoms with van der Waals surface area (Å²) in [7, 11) is -5.48. The molecule has 1 aliphatic heterocycles. The van der Waals surface area contributed by atoms with E-state index in [9.17, 15) is 19.7 Å². The molecule has 2 aromatic heterocycles. The normalized spacial score (nSPS) is 28.6. The number of hydrogen-bond donors (Lipinski definition) is 5. The van der Waals surface area contributed by atoms with Crippen molar-refractivity contribution in [1.29, 1.82) is 1.28 Å². The number of aliphatic hydroxyl groups excluding tert-OH is 2. The van der Waals surface area contributed by atoms with Crippen LogP contribution in [0.2, 0.25) is 0 Å². The molecule has 15 heteroatoms. The number of nitrogens with zero attached hydrogens (tertiary/aromatic N) is 3. The summed E-state index contributed by atoms with van der Waals surface area (Å²) in [5, 5.41) is 21.0. The number of fused-ring (bicyclic) bond motifs is 1. The summed E-state index contributed by atoms with van der Waals surface area (Å²) in [4.78, 5) is 17.4. The lowest BCUT2D eigenvalue weighted by molar-refractivity contribution is -0.0497. The molecule has 1 fully saturated rings. The van der Waals surface area contributed by atoms with Crippen LogP contribution in [-0.4, -0.2) is 60.8 Å². The first-order valence-corrected chi connectivity index (χ1v) is 9.72. The fraction of sp³-hybridized carbons (Fsp3) is 0.417. The summed E-state index contributed by atoms with van der Waals surface area (Å²) in [5.74, 6) is 0.120. The number of rotatable bonds is 7. The fourth-order valence-electron chi connectivity index (χ4n) is 2.78. The number of nitrogen functional groups attached to an aromatic ring is 1. The summed E-state index contributed by atoms with van der Waals surface area (Å²) < 4.78 is 34.3. The molecule has 2 unspecified atom stereocenters.